The van der Waals surface area contributed by atoms with Crippen LogP contribution in [0.25, 0.3) is 66.7 Å². The zero-order valence-corrected chi connectivity index (χ0v) is 29.6. The molecule has 0 bridgehead atoms. The SMILES string of the molecule is CC1(C)c2ccccc2-c2ccc(N(c3ccc(-c4cc5ccccc5c5oc(-c6ccccc6)nc45)cc3)c3cccc(-c4ccccc4)c3)cc21. The second-order valence-corrected chi connectivity index (χ2v) is 14.4. The summed E-state index contributed by atoms with van der Waals surface area (Å²) in [6.07, 6.45) is 0. The van der Waals surface area contributed by atoms with Crippen molar-refractivity contribution >= 4 is 38.9 Å². The quantitative estimate of drug-likeness (QED) is 0.175. The normalized spacial score (nSPS) is 12.9. The molecule has 53 heavy (non-hydrogen) atoms. The Morgan fingerprint density at radius 2 is 1.09 bits per heavy atom. The molecule has 0 radical (unpaired) electrons. The Balaban J connectivity index is 1.12. The summed E-state index contributed by atoms with van der Waals surface area (Å²) >= 11 is 0. The fourth-order valence-electron chi connectivity index (χ4n) is 8.19. The van der Waals surface area contributed by atoms with Crippen LogP contribution < -0.4 is 4.90 Å². The van der Waals surface area contributed by atoms with Crippen molar-refractivity contribution in [2.45, 2.75) is 19.3 Å². The van der Waals surface area contributed by atoms with Gasteiger partial charge in [0, 0.05) is 39.0 Å². The van der Waals surface area contributed by atoms with Crippen molar-refractivity contribution in [3.8, 4) is 44.8 Å². The van der Waals surface area contributed by atoms with Gasteiger partial charge in [0.2, 0.25) is 5.89 Å². The van der Waals surface area contributed by atoms with Crippen molar-refractivity contribution in [1.82, 2.24) is 4.98 Å². The molecule has 0 amide bonds. The van der Waals surface area contributed by atoms with E-state index in [1.807, 2.05) is 30.3 Å². The smallest absolute Gasteiger partial charge is 0.227 e. The van der Waals surface area contributed by atoms with Gasteiger partial charge in [-0.25, -0.2) is 4.98 Å². The van der Waals surface area contributed by atoms with Crippen molar-refractivity contribution in [2.24, 2.45) is 0 Å². The summed E-state index contributed by atoms with van der Waals surface area (Å²) in [5.74, 6) is 0.626. The number of benzene rings is 8. The minimum atomic E-state index is -0.110. The Morgan fingerprint density at radius 1 is 0.453 bits per heavy atom. The maximum atomic E-state index is 6.51. The van der Waals surface area contributed by atoms with Gasteiger partial charge in [0.05, 0.1) is 0 Å². The summed E-state index contributed by atoms with van der Waals surface area (Å²) in [6, 6.07) is 64.9. The first-order chi connectivity index (χ1) is 26.0. The summed E-state index contributed by atoms with van der Waals surface area (Å²) in [5.41, 5.74) is 15.7. The molecule has 0 unspecified atom stereocenters. The molecule has 1 aliphatic carbocycles. The Hall–Kier alpha value is -6.71. The topological polar surface area (TPSA) is 29.3 Å². The standard InChI is InChI=1S/C50H36N2O/c1-50(2)45-23-12-11-22-42(45)43-29-28-40(32-46(43)50)52(39-20-13-19-36(30-39)33-14-5-3-6-15-33)38-26-24-34(25-27-38)44-31-37-18-9-10-21-41(37)48-47(44)51-49(53-48)35-16-7-4-8-17-35/h3-32H,1-2H3. The van der Waals surface area contributed by atoms with Crippen molar-refractivity contribution in [3.05, 3.63) is 193 Å². The van der Waals surface area contributed by atoms with Crippen molar-refractivity contribution in [2.75, 3.05) is 4.90 Å². The molecule has 10 rings (SSSR count). The van der Waals surface area contributed by atoms with E-state index >= 15 is 0 Å². The monoisotopic (exact) mass is 680 g/mol. The average molecular weight is 681 g/mol. The van der Waals surface area contributed by atoms with Crippen LogP contribution in [0.5, 0.6) is 0 Å². The van der Waals surface area contributed by atoms with Crippen LogP contribution >= 0.6 is 0 Å². The Morgan fingerprint density at radius 3 is 1.91 bits per heavy atom. The predicted molar refractivity (Wildman–Crippen MR) is 220 cm³/mol. The van der Waals surface area contributed by atoms with Gasteiger partial charge in [-0.05, 0) is 98.9 Å². The molecule has 3 nitrogen and oxygen atoms in total. The minimum absolute atomic E-state index is 0.110. The van der Waals surface area contributed by atoms with E-state index in [4.69, 9.17) is 9.40 Å². The maximum absolute atomic E-state index is 6.51. The van der Waals surface area contributed by atoms with Crippen LogP contribution in [0.2, 0.25) is 0 Å². The first-order valence-corrected chi connectivity index (χ1v) is 18.2. The van der Waals surface area contributed by atoms with E-state index in [9.17, 15) is 0 Å². The van der Waals surface area contributed by atoms with Gasteiger partial charge >= 0.3 is 0 Å². The molecule has 0 saturated heterocycles. The largest absolute Gasteiger partial charge is 0.435 e. The predicted octanol–water partition coefficient (Wildman–Crippen LogP) is 13.8. The van der Waals surface area contributed by atoms with E-state index in [-0.39, 0.29) is 5.41 Å². The molecule has 1 aromatic heterocycles. The maximum Gasteiger partial charge on any atom is 0.227 e. The van der Waals surface area contributed by atoms with E-state index in [2.05, 4.69) is 170 Å². The van der Waals surface area contributed by atoms with Crippen LogP contribution in [0.4, 0.5) is 17.1 Å². The van der Waals surface area contributed by atoms with E-state index < -0.39 is 0 Å². The number of hydrogen-bond donors (Lipinski definition) is 0. The third-order valence-electron chi connectivity index (χ3n) is 10.9. The molecule has 0 aliphatic heterocycles. The minimum Gasteiger partial charge on any atom is -0.435 e. The molecule has 0 atom stereocenters. The van der Waals surface area contributed by atoms with E-state index in [0.717, 1.165) is 55.6 Å². The average Bonchev–Trinajstić information content (AvgIpc) is 3.77. The lowest BCUT2D eigenvalue weighted by molar-refractivity contribution is 0.623. The second-order valence-electron chi connectivity index (χ2n) is 14.4. The van der Waals surface area contributed by atoms with Crippen LogP contribution in [0, 0.1) is 0 Å². The first-order valence-electron chi connectivity index (χ1n) is 18.2. The van der Waals surface area contributed by atoms with Crippen molar-refractivity contribution < 1.29 is 4.42 Å². The highest BCUT2D eigenvalue weighted by Gasteiger charge is 2.35. The van der Waals surface area contributed by atoms with Gasteiger partial charge in [0.1, 0.15) is 5.52 Å². The van der Waals surface area contributed by atoms with Gasteiger partial charge in [-0.2, -0.15) is 0 Å². The third kappa shape index (κ3) is 5.16. The van der Waals surface area contributed by atoms with Crippen LogP contribution in [-0.2, 0) is 5.41 Å². The molecular formula is C50H36N2O. The lowest BCUT2D eigenvalue weighted by atomic mass is 9.82. The molecule has 1 aliphatic rings. The summed E-state index contributed by atoms with van der Waals surface area (Å²) in [4.78, 5) is 7.47. The summed E-state index contributed by atoms with van der Waals surface area (Å²) in [7, 11) is 0. The van der Waals surface area contributed by atoms with Gasteiger partial charge < -0.3 is 9.32 Å². The number of hydrogen-bond acceptors (Lipinski definition) is 3. The highest BCUT2D eigenvalue weighted by atomic mass is 16.3. The van der Waals surface area contributed by atoms with E-state index in [1.165, 1.54) is 33.4 Å². The molecule has 0 spiro atoms. The number of oxazole rings is 1. The van der Waals surface area contributed by atoms with Crippen molar-refractivity contribution in [1.29, 1.82) is 0 Å². The molecule has 3 heteroatoms. The van der Waals surface area contributed by atoms with Gasteiger partial charge in [-0.1, -0.05) is 141 Å². The molecule has 0 fully saturated rings. The van der Waals surface area contributed by atoms with Gasteiger partial charge in [-0.3, -0.25) is 0 Å². The molecule has 8 aromatic carbocycles. The van der Waals surface area contributed by atoms with Gasteiger partial charge in [0.25, 0.3) is 0 Å². The van der Waals surface area contributed by atoms with E-state index in [0.29, 0.717) is 5.89 Å². The zero-order valence-electron chi connectivity index (χ0n) is 29.6. The van der Waals surface area contributed by atoms with Gasteiger partial charge in [0.15, 0.2) is 5.58 Å². The zero-order chi connectivity index (χ0) is 35.5. The number of aromatic nitrogens is 1. The summed E-state index contributed by atoms with van der Waals surface area (Å²) in [6.45, 7) is 4.68. The molecule has 252 valence electrons. The first kappa shape index (κ1) is 31.1. The number of nitrogens with zero attached hydrogens (tertiary/aromatic N) is 2. The Kier molecular flexibility index (Phi) is 7.16. The van der Waals surface area contributed by atoms with Crippen LogP contribution in [0.1, 0.15) is 25.0 Å². The molecule has 0 N–H and O–H groups in total. The molecular weight excluding hydrogens is 645 g/mol. The lowest BCUT2D eigenvalue weighted by Crippen LogP contribution is -2.16. The number of rotatable bonds is 6. The van der Waals surface area contributed by atoms with Gasteiger partial charge in [-0.15, -0.1) is 0 Å². The fraction of sp³-hybridized carbons (Fsp3) is 0.0600. The second kappa shape index (κ2) is 12.2. The molecule has 0 saturated carbocycles. The highest BCUT2D eigenvalue weighted by Crippen LogP contribution is 2.51. The molecule has 9 aromatic rings. The lowest BCUT2D eigenvalue weighted by Gasteiger charge is -2.28. The number of fused-ring (bicyclic) bond motifs is 6. The van der Waals surface area contributed by atoms with Crippen LogP contribution in [-0.4, -0.2) is 4.98 Å². The summed E-state index contributed by atoms with van der Waals surface area (Å²) in [5, 5.41) is 2.18. The number of anilines is 3. The van der Waals surface area contributed by atoms with Crippen LogP contribution in [0.15, 0.2) is 186 Å². The Bertz CT molecular complexity index is 2800. The Labute approximate surface area is 309 Å². The fourth-order valence-corrected chi connectivity index (χ4v) is 8.19. The van der Waals surface area contributed by atoms with Crippen LogP contribution in [0.3, 0.4) is 0 Å². The molecule has 1 heterocycles. The third-order valence-corrected chi connectivity index (χ3v) is 10.9. The van der Waals surface area contributed by atoms with Crippen molar-refractivity contribution in [3.63, 3.8) is 0 Å². The summed E-state index contributed by atoms with van der Waals surface area (Å²) < 4.78 is 6.51. The van der Waals surface area contributed by atoms with E-state index in [1.54, 1.807) is 0 Å². The highest BCUT2D eigenvalue weighted by molar-refractivity contribution is 6.10.